The maximum atomic E-state index is 12.9. The van der Waals surface area contributed by atoms with Gasteiger partial charge in [-0.25, -0.2) is 0 Å². The van der Waals surface area contributed by atoms with E-state index in [2.05, 4.69) is 43.5 Å². The van der Waals surface area contributed by atoms with Crippen LogP contribution in [0.15, 0.2) is 36.5 Å². The third kappa shape index (κ3) is 21.4. The van der Waals surface area contributed by atoms with Gasteiger partial charge >= 0.3 is 0 Å². The second-order valence-electron chi connectivity index (χ2n) is 13.5. The molecule has 1 rings (SSSR count). The Labute approximate surface area is 296 Å². The Morgan fingerprint density at radius 3 is 1.78 bits per heavy atom. The van der Waals surface area contributed by atoms with E-state index in [9.17, 15) is 35.4 Å². The van der Waals surface area contributed by atoms with Crippen molar-refractivity contribution in [2.45, 2.75) is 191 Å². The molecule has 1 aliphatic rings. The van der Waals surface area contributed by atoms with Gasteiger partial charge in [-0.2, -0.15) is 0 Å². The van der Waals surface area contributed by atoms with E-state index in [0.29, 0.717) is 19.3 Å². The summed E-state index contributed by atoms with van der Waals surface area (Å²) in [4.78, 5) is 12.9. The van der Waals surface area contributed by atoms with Crippen molar-refractivity contribution < 1.29 is 44.9 Å². The first-order valence-electron chi connectivity index (χ1n) is 19.3. The molecule has 7 N–H and O–H groups in total. The number of unbranched alkanes of at least 4 members (excludes halogenated alkanes) is 15. The normalized spacial score (nSPS) is 23.5. The van der Waals surface area contributed by atoms with Crippen LogP contribution in [0.1, 0.15) is 142 Å². The fourth-order valence-electron chi connectivity index (χ4n) is 5.78. The summed E-state index contributed by atoms with van der Waals surface area (Å²) in [6.45, 7) is 3.50. The molecule has 8 atom stereocenters. The van der Waals surface area contributed by atoms with Crippen molar-refractivity contribution >= 4 is 5.91 Å². The van der Waals surface area contributed by atoms with Gasteiger partial charge in [-0.15, -0.1) is 0 Å². The Morgan fingerprint density at radius 1 is 0.694 bits per heavy atom. The van der Waals surface area contributed by atoms with E-state index in [-0.39, 0.29) is 6.61 Å². The lowest BCUT2D eigenvalue weighted by molar-refractivity contribution is -0.302. The molecule has 0 bridgehead atoms. The first-order chi connectivity index (χ1) is 23.8. The topological polar surface area (TPSA) is 169 Å². The van der Waals surface area contributed by atoms with Crippen LogP contribution < -0.4 is 5.32 Å². The van der Waals surface area contributed by atoms with Crippen LogP contribution in [0.2, 0.25) is 0 Å². The zero-order chi connectivity index (χ0) is 36.1. The molecular formula is C39H71NO9. The van der Waals surface area contributed by atoms with Crippen molar-refractivity contribution in [1.82, 2.24) is 5.32 Å². The maximum Gasteiger partial charge on any atom is 0.249 e. The van der Waals surface area contributed by atoms with E-state index in [0.717, 1.165) is 44.9 Å². The molecule has 0 aliphatic carbocycles. The Balaban J connectivity index is 2.58. The minimum atomic E-state index is -1.61. The molecule has 1 fully saturated rings. The highest BCUT2D eigenvalue weighted by molar-refractivity contribution is 5.80. The Bertz CT molecular complexity index is 881. The number of rotatable bonds is 30. The van der Waals surface area contributed by atoms with E-state index in [1.165, 1.54) is 64.2 Å². The minimum Gasteiger partial charge on any atom is -0.394 e. The van der Waals surface area contributed by atoms with Crippen LogP contribution in [0, 0.1) is 0 Å². The summed E-state index contributed by atoms with van der Waals surface area (Å²) in [6.07, 6.45) is 23.8. The number of amides is 1. The van der Waals surface area contributed by atoms with E-state index in [4.69, 9.17) is 9.47 Å². The fourth-order valence-corrected chi connectivity index (χ4v) is 5.78. The van der Waals surface area contributed by atoms with E-state index in [1.54, 1.807) is 6.08 Å². The summed E-state index contributed by atoms with van der Waals surface area (Å²) in [5.74, 6) is -0.635. The molecule has 49 heavy (non-hydrogen) atoms. The van der Waals surface area contributed by atoms with Gasteiger partial charge in [-0.05, 0) is 44.9 Å². The molecule has 10 nitrogen and oxygen atoms in total. The first-order valence-corrected chi connectivity index (χ1v) is 19.3. The third-order valence-electron chi connectivity index (χ3n) is 9.05. The van der Waals surface area contributed by atoms with E-state index in [1.807, 2.05) is 6.08 Å². The van der Waals surface area contributed by atoms with Gasteiger partial charge in [0, 0.05) is 0 Å². The lowest BCUT2D eigenvalue weighted by atomic mass is 9.99. The highest BCUT2D eigenvalue weighted by Gasteiger charge is 2.44. The number of allylic oxidation sites excluding steroid dienone is 5. The maximum absolute atomic E-state index is 12.9. The monoisotopic (exact) mass is 698 g/mol. The van der Waals surface area contributed by atoms with Crippen LogP contribution in [0.4, 0.5) is 0 Å². The van der Waals surface area contributed by atoms with Crippen molar-refractivity contribution in [3.63, 3.8) is 0 Å². The molecule has 1 saturated heterocycles. The standard InChI is InChI=1S/C39H71NO9/c1-3-5-7-9-11-13-15-16-17-18-20-21-23-25-27-32(42)31(30-48-39-37(46)36(45)35(44)34(29-41)49-39)40-38(47)33(43)28-26-24-22-19-14-12-10-8-6-4-2/h13,15,18,20,25,27,31-37,39,41-46H,3-12,14,16-17,19,21-24,26,28-30H2,1-2H3,(H,40,47)/b15-13+,20-18+,27-25+. The van der Waals surface area contributed by atoms with Crippen LogP contribution in [0.5, 0.6) is 0 Å². The zero-order valence-electron chi connectivity index (χ0n) is 30.5. The minimum absolute atomic E-state index is 0.301. The van der Waals surface area contributed by atoms with Crippen LogP contribution in [0.3, 0.4) is 0 Å². The number of hydrogen-bond donors (Lipinski definition) is 7. The molecule has 0 spiro atoms. The third-order valence-corrected chi connectivity index (χ3v) is 9.05. The van der Waals surface area contributed by atoms with Gasteiger partial charge in [0.15, 0.2) is 6.29 Å². The van der Waals surface area contributed by atoms with Gasteiger partial charge in [0.05, 0.1) is 25.4 Å². The average molecular weight is 698 g/mol. The molecule has 1 amide bonds. The highest BCUT2D eigenvalue weighted by atomic mass is 16.7. The van der Waals surface area contributed by atoms with E-state index >= 15 is 0 Å². The number of hydrogen-bond acceptors (Lipinski definition) is 9. The van der Waals surface area contributed by atoms with Crippen LogP contribution in [0.25, 0.3) is 0 Å². The molecule has 0 radical (unpaired) electrons. The SMILES string of the molecule is CCCCCC/C=C/CC/C=C/CC/C=C/C(O)C(COC1OC(CO)C(O)C(O)C1O)NC(=O)C(O)CCCCCCCCCCCC. The first kappa shape index (κ1) is 45.4. The van der Waals surface area contributed by atoms with Crippen molar-refractivity contribution in [3.8, 4) is 0 Å². The molecule has 8 unspecified atom stereocenters. The van der Waals surface area contributed by atoms with Crippen LogP contribution in [-0.4, -0.2) is 98.7 Å². The molecule has 1 heterocycles. The van der Waals surface area contributed by atoms with Gasteiger partial charge in [0.1, 0.15) is 30.5 Å². The predicted octanol–water partition coefficient (Wildman–Crippen LogP) is 5.52. The van der Waals surface area contributed by atoms with Crippen molar-refractivity contribution in [1.29, 1.82) is 0 Å². The van der Waals surface area contributed by atoms with Gasteiger partial charge in [0.2, 0.25) is 5.91 Å². The highest BCUT2D eigenvalue weighted by Crippen LogP contribution is 2.22. The summed E-state index contributed by atoms with van der Waals surface area (Å²) < 4.78 is 11.1. The quantitative estimate of drug-likeness (QED) is 0.0378. The molecule has 0 saturated carbocycles. The van der Waals surface area contributed by atoms with Gasteiger partial charge in [0.25, 0.3) is 0 Å². The van der Waals surface area contributed by atoms with Crippen molar-refractivity contribution in [3.05, 3.63) is 36.5 Å². The summed E-state index contributed by atoms with van der Waals surface area (Å²) in [7, 11) is 0. The predicted molar refractivity (Wildman–Crippen MR) is 195 cm³/mol. The van der Waals surface area contributed by atoms with Gasteiger partial charge < -0.3 is 45.4 Å². The number of carbonyl (C=O) groups excluding carboxylic acids is 1. The lowest BCUT2D eigenvalue weighted by Crippen LogP contribution is -2.60. The summed E-state index contributed by atoms with van der Waals surface area (Å²) in [6, 6.07) is -0.997. The van der Waals surface area contributed by atoms with Crippen LogP contribution >= 0.6 is 0 Å². The zero-order valence-corrected chi connectivity index (χ0v) is 30.5. The average Bonchev–Trinajstić information content (AvgIpc) is 3.10. The Morgan fingerprint density at radius 2 is 1.20 bits per heavy atom. The number of carbonyl (C=O) groups is 1. The molecule has 0 aromatic carbocycles. The summed E-state index contributed by atoms with van der Waals surface area (Å²) in [5, 5.41) is 64.2. The number of ether oxygens (including phenoxy) is 2. The van der Waals surface area contributed by atoms with Crippen LogP contribution in [-0.2, 0) is 14.3 Å². The lowest BCUT2D eigenvalue weighted by Gasteiger charge is -2.40. The Kier molecular flexibility index (Phi) is 27.8. The molecule has 0 aromatic rings. The molecule has 286 valence electrons. The second kappa shape index (κ2) is 30.0. The summed E-state index contributed by atoms with van der Waals surface area (Å²) >= 11 is 0. The van der Waals surface area contributed by atoms with Gasteiger partial charge in [-0.1, -0.05) is 134 Å². The fraction of sp³-hybridized carbons (Fsp3) is 0.821. The molecule has 1 aliphatic heterocycles. The smallest absolute Gasteiger partial charge is 0.249 e. The number of aliphatic hydroxyl groups is 6. The summed E-state index contributed by atoms with van der Waals surface area (Å²) in [5.41, 5.74) is 0. The second-order valence-corrected chi connectivity index (χ2v) is 13.5. The largest absolute Gasteiger partial charge is 0.394 e. The molecule has 0 aromatic heterocycles. The molecular weight excluding hydrogens is 626 g/mol. The van der Waals surface area contributed by atoms with E-state index < -0.39 is 61.5 Å². The van der Waals surface area contributed by atoms with Crippen molar-refractivity contribution in [2.75, 3.05) is 13.2 Å². The number of nitrogens with one attached hydrogen (secondary N) is 1. The Hall–Kier alpha value is -1.63. The molecule has 10 heteroatoms. The van der Waals surface area contributed by atoms with Gasteiger partial charge in [-0.3, -0.25) is 4.79 Å². The number of aliphatic hydroxyl groups excluding tert-OH is 6. The van der Waals surface area contributed by atoms with Crippen molar-refractivity contribution in [2.24, 2.45) is 0 Å².